The fourth-order valence-corrected chi connectivity index (χ4v) is 5.96. The van der Waals surface area contributed by atoms with Crippen molar-refractivity contribution in [3.8, 4) is 0 Å². The molecule has 0 radical (unpaired) electrons. The van der Waals surface area contributed by atoms with E-state index in [9.17, 15) is 18.0 Å². The average Bonchev–Trinajstić information content (AvgIpc) is 2.94. The summed E-state index contributed by atoms with van der Waals surface area (Å²) in [6.07, 6.45) is 2.00. The number of nitrogens with one attached hydrogen (secondary N) is 1. The van der Waals surface area contributed by atoms with Crippen LogP contribution in [0, 0.1) is 0 Å². The molecule has 10 heteroatoms. The summed E-state index contributed by atoms with van der Waals surface area (Å²) in [6.45, 7) is 7.27. The van der Waals surface area contributed by atoms with Gasteiger partial charge in [0, 0.05) is 29.1 Å². The highest BCUT2D eigenvalue weighted by Gasteiger charge is 2.34. The summed E-state index contributed by atoms with van der Waals surface area (Å²) in [6, 6.07) is 20.4. The van der Waals surface area contributed by atoms with Crippen molar-refractivity contribution in [3.63, 3.8) is 0 Å². The smallest absolute Gasteiger partial charge is 0.244 e. The highest BCUT2D eigenvalue weighted by Crippen LogP contribution is 2.30. The average molecular weight is 633 g/mol. The number of para-hydroxylation sites is 1. The van der Waals surface area contributed by atoms with E-state index in [0.717, 1.165) is 21.7 Å². The third kappa shape index (κ3) is 8.96. The minimum absolute atomic E-state index is 0.0108. The fraction of sp³-hybridized carbons (Fsp3) is 0.375. The van der Waals surface area contributed by atoms with Crippen molar-refractivity contribution in [2.75, 3.05) is 17.1 Å². The number of rotatable bonds is 13. The van der Waals surface area contributed by atoms with Crippen molar-refractivity contribution < 1.29 is 18.0 Å². The van der Waals surface area contributed by atoms with Crippen molar-refractivity contribution >= 4 is 50.7 Å². The summed E-state index contributed by atoms with van der Waals surface area (Å²) in [5, 5.41) is 3.79. The quantitative estimate of drug-likeness (QED) is 0.235. The molecule has 3 aromatic rings. The van der Waals surface area contributed by atoms with Crippen molar-refractivity contribution in [1.29, 1.82) is 0 Å². The molecule has 226 valence electrons. The van der Waals surface area contributed by atoms with Crippen LogP contribution in [0.25, 0.3) is 0 Å². The molecule has 0 saturated heterocycles. The predicted molar refractivity (Wildman–Crippen MR) is 172 cm³/mol. The summed E-state index contributed by atoms with van der Waals surface area (Å²) in [7, 11) is -3.88. The van der Waals surface area contributed by atoms with Gasteiger partial charge in [-0.1, -0.05) is 98.6 Å². The number of hydrogen-bond donors (Lipinski definition) is 1. The molecule has 0 fully saturated rings. The van der Waals surface area contributed by atoms with Crippen molar-refractivity contribution in [3.05, 3.63) is 99.5 Å². The molecule has 3 rings (SSSR count). The molecule has 7 nitrogen and oxygen atoms in total. The summed E-state index contributed by atoms with van der Waals surface area (Å²) in [4.78, 5) is 29.5. The molecule has 0 aromatic heterocycles. The van der Waals surface area contributed by atoms with E-state index in [-0.39, 0.29) is 30.8 Å². The Kier molecular flexibility index (Phi) is 11.9. The maximum Gasteiger partial charge on any atom is 0.244 e. The molecule has 0 saturated carbocycles. The van der Waals surface area contributed by atoms with Crippen LogP contribution in [-0.4, -0.2) is 50.0 Å². The van der Waals surface area contributed by atoms with Crippen LogP contribution in [0.2, 0.25) is 10.0 Å². The van der Waals surface area contributed by atoms with Gasteiger partial charge in [0.15, 0.2) is 0 Å². The second kappa shape index (κ2) is 14.9. The molecule has 2 amide bonds. The zero-order valence-electron chi connectivity index (χ0n) is 24.7. The van der Waals surface area contributed by atoms with E-state index in [0.29, 0.717) is 27.7 Å². The van der Waals surface area contributed by atoms with Gasteiger partial charge >= 0.3 is 0 Å². The Labute approximate surface area is 259 Å². The summed E-state index contributed by atoms with van der Waals surface area (Å²) in [5.41, 5.74) is 2.65. The largest absolute Gasteiger partial charge is 0.352 e. The van der Waals surface area contributed by atoms with E-state index < -0.39 is 28.5 Å². The van der Waals surface area contributed by atoms with Crippen LogP contribution in [0.15, 0.2) is 72.8 Å². The monoisotopic (exact) mass is 631 g/mol. The number of nitrogens with zero attached hydrogens (tertiary/aromatic N) is 2. The van der Waals surface area contributed by atoms with Crippen LogP contribution in [-0.2, 0) is 32.6 Å². The predicted octanol–water partition coefficient (Wildman–Crippen LogP) is 6.44. The lowest BCUT2D eigenvalue weighted by molar-refractivity contribution is -0.140. The first-order chi connectivity index (χ1) is 19.8. The first kappa shape index (κ1) is 33.4. The van der Waals surface area contributed by atoms with Crippen LogP contribution in [0.1, 0.15) is 56.7 Å². The second-order valence-corrected chi connectivity index (χ2v) is 13.5. The van der Waals surface area contributed by atoms with Crippen molar-refractivity contribution in [2.24, 2.45) is 0 Å². The first-order valence-corrected chi connectivity index (χ1v) is 16.6. The number of anilines is 1. The first-order valence-electron chi connectivity index (χ1n) is 14.0. The molecule has 0 spiro atoms. The van der Waals surface area contributed by atoms with E-state index in [2.05, 4.69) is 5.32 Å². The maximum absolute atomic E-state index is 14.3. The van der Waals surface area contributed by atoms with Crippen molar-refractivity contribution in [2.45, 2.75) is 65.1 Å². The van der Waals surface area contributed by atoms with Crippen LogP contribution >= 0.6 is 23.2 Å². The van der Waals surface area contributed by atoms with Gasteiger partial charge < -0.3 is 10.2 Å². The van der Waals surface area contributed by atoms with Gasteiger partial charge in [0.25, 0.3) is 0 Å². The molecule has 0 aliphatic rings. The third-order valence-corrected chi connectivity index (χ3v) is 8.85. The van der Waals surface area contributed by atoms with Gasteiger partial charge in [-0.25, -0.2) is 8.42 Å². The Morgan fingerprint density at radius 1 is 0.929 bits per heavy atom. The highest BCUT2D eigenvalue weighted by atomic mass is 35.5. The van der Waals surface area contributed by atoms with E-state index in [1.54, 1.807) is 30.3 Å². The number of benzene rings is 3. The molecule has 0 heterocycles. The second-order valence-electron chi connectivity index (χ2n) is 10.8. The Balaban J connectivity index is 2.13. The molecular formula is C32H39Cl2N3O4S. The van der Waals surface area contributed by atoms with E-state index in [4.69, 9.17) is 23.2 Å². The molecule has 42 heavy (non-hydrogen) atoms. The summed E-state index contributed by atoms with van der Waals surface area (Å²) < 4.78 is 27.4. The topological polar surface area (TPSA) is 86.8 Å². The molecule has 0 aliphatic heterocycles. The molecule has 2 atom stereocenters. The van der Waals surface area contributed by atoms with Crippen LogP contribution in [0.4, 0.5) is 5.69 Å². The summed E-state index contributed by atoms with van der Waals surface area (Å²) in [5.74, 6) is -0.859. The SMILES string of the molecule is CCC(C)NC(=O)C(Cc1ccccc1)N(Cc1ccc(Cl)cc1Cl)C(=O)CN(c1ccccc1C(C)C)S(C)(=O)=O. The molecule has 3 aromatic carbocycles. The number of sulfonamides is 1. The number of carbonyl (C=O) groups is 2. The zero-order valence-corrected chi connectivity index (χ0v) is 27.0. The summed E-state index contributed by atoms with van der Waals surface area (Å²) >= 11 is 12.7. The van der Waals surface area contributed by atoms with E-state index in [1.165, 1.54) is 4.90 Å². The Hall–Kier alpha value is -3.07. The lowest BCUT2D eigenvalue weighted by Crippen LogP contribution is -2.54. The standard InChI is InChI=1S/C32H39Cl2N3O4S/c1-6-23(4)35-32(39)30(18-24-12-8-7-9-13-24)36(20-25-16-17-26(33)19-28(25)34)31(38)21-37(42(5,40)41)29-15-11-10-14-27(29)22(2)3/h7-17,19,22-23,30H,6,18,20-21H2,1-5H3,(H,35,39). The van der Waals surface area contributed by atoms with Gasteiger partial charge in [-0.15, -0.1) is 0 Å². The van der Waals surface area contributed by atoms with Gasteiger partial charge in [-0.2, -0.15) is 0 Å². The molecule has 0 aliphatic carbocycles. The number of hydrogen-bond acceptors (Lipinski definition) is 4. The third-order valence-electron chi connectivity index (χ3n) is 7.13. The Morgan fingerprint density at radius 3 is 2.17 bits per heavy atom. The minimum Gasteiger partial charge on any atom is -0.352 e. The van der Waals surface area contributed by atoms with E-state index in [1.807, 2.05) is 70.2 Å². The number of carbonyl (C=O) groups excluding carboxylic acids is 2. The van der Waals surface area contributed by atoms with Crippen LogP contribution in [0.3, 0.4) is 0 Å². The van der Waals surface area contributed by atoms with Crippen LogP contribution < -0.4 is 9.62 Å². The maximum atomic E-state index is 14.3. The van der Waals surface area contributed by atoms with Gasteiger partial charge in [-0.3, -0.25) is 13.9 Å². The Bertz CT molecular complexity index is 1480. The van der Waals surface area contributed by atoms with Gasteiger partial charge in [0.2, 0.25) is 21.8 Å². The normalized spacial score (nSPS) is 13.0. The zero-order chi connectivity index (χ0) is 31.0. The van der Waals surface area contributed by atoms with Crippen molar-refractivity contribution in [1.82, 2.24) is 10.2 Å². The lowest BCUT2D eigenvalue weighted by Gasteiger charge is -2.34. The lowest BCUT2D eigenvalue weighted by atomic mass is 10.0. The molecule has 0 bridgehead atoms. The molecule has 1 N–H and O–H groups in total. The van der Waals surface area contributed by atoms with Crippen LogP contribution in [0.5, 0.6) is 0 Å². The van der Waals surface area contributed by atoms with Gasteiger partial charge in [0.1, 0.15) is 12.6 Å². The number of halogens is 2. The highest BCUT2D eigenvalue weighted by molar-refractivity contribution is 7.92. The van der Waals surface area contributed by atoms with E-state index >= 15 is 0 Å². The Morgan fingerprint density at radius 2 is 1.57 bits per heavy atom. The number of amides is 2. The fourth-order valence-electron chi connectivity index (χ4n) is 4.63. The molecular weight excluding hydrogens is 593 g/mol. The van der Waals surface area contributed by atoms with Gasteiger partial charge in [0.05, 0.1) is 11.9 Å². The molecule has 2 unspecified atom stereocenters. The minimum atomic E-state index is -3.88. The van der Waals surface area contributed by atoms with Gasteiger partial charge in [-0.05, 0) is 54.2 Å².